The molecule has 2 atom stereocenters. The van der Waals surface area contributed by atoms with E-state index in [4.69, 9.17) is 23.6 Å². The van der Waals surface area contributed by atoms with Gasteiger partial charge >= 0.3 is 0 Å². The largest absolute Gasteiger partial charge is 0.308 e. The molecular formula is C29H36N2P2S2. The number of rotatable bonds is 5. The Labute approximate surface area is 221 Å². The average molecular weight is 539 g/mol. The highest BCUT2D eigenvalue weighted by molar-refractivity contribution is 8.22. The zero-order valence-electron chi connectivity index (χ0n) is 21.9. The quantitative estimate of drug-likeness (QED) is 0.330. The molecule has 2 nitrogen and oxygen atoms in total. The van der Waals surface area contributed by atoms with Crippen molar-refractivity contribution in [1.29, 1.82) is 0 Å². The third-order valence-corrected chi connectivity index (χ3v) is 16.8. The second-order valence-corrected chi connectivity index (χ2v) is 19.7. The Kier molecular flexibility index (Phi) is 6.47. The van der Waals surface area contributed by atoms with Crippen LogP contribution in [0.4, 0.5) is 17.1 Å². The summed E-state index contributed by atoms with van der Waals surface area (Å²) in [6.45, 7) is 17.8. The van der Waals surface area contributed by atoms with Gasteiger partial charge in [0.1, 0.15) is 0 Å². The Morgan fingerprint density at radius 1 is 0.743 bits per heavy atom. The highest BCUT2D eigenvalue weighted by Gasteiger charge is 2.45. The molecule has 0 amide bonds. The number of benzene rings is 3. The highest BCUT2D eigenvalue weighted by atomic mass is 32.4. The van der Waals surface area contributed by atoms with Crippen LogP contribution in [0.15, 0.2) is 54.6 Å². The van der Waals surface area contributed by atoms with Gasteiger partial charge in [-0.1, -0.05) is 102 Å². The first-order chi connectivity index (χ1) is 16.6. The molecule has 3 aromatic rings. The van der Waals surface area contributed by atoms with Crippen molar-refractivity contribution in [3.8, 4) is 0 Å². The van der Waals surface area contributed by atoms with Crippen molar-refractivity contribution in [3.63, 3.8) is 0 Å². The average Bonchev–Trinajstić information content (AvgIpc) is 2.83. The summed E-state index contributed by atoms with van der Waals surface area (Å²) in [5.41, 5.74) is 6.53. The van der Waals surface area contributed by atoms with Crippen LogP contribution in [0.5, 0.6) is 0 Å². The fourth-order valence-electron chi connectivity index (χ4n) is 5.67. The number of anilines is 3. The van der Waals surface area contributed by atoms with Crippen LogP contribution in [0.3, 0.4) is 0 Å². The molecule has 6 heteroatoms. The summed E-state index contributed by atoms with van der Waals surface area (Å²) < 4.78 is 2.54. The summed E-state index contributed by atoms with van der Waals surface area (Å²) in [5, 5.41) is 5.27. The molecule has 0 spiro atoms. The lowest BCUT2D eigenvalue weighted by atomic mass is 10.00. The highest BCUT2D eigenvalue weighted by Crippen LogP contribution is 2.61. The third-order valence-electron chi connectivity index (χ3n) is 7.73. The molecule has 0 fully saturated rings. The van der Waals surface area contributed by atoms with Gasteiger partial charge in [-0.25, -0.2) is 0 Å². The smallest absolute Gasteiger partial charge is 0.0751 e. The van der Waals surface area contributed by atoms with Gasteiger partial charge in [0, 0.05) is 40.3 Å². The number of hydrogen-bond donors (Lipinski definition) is 0. The molecule has 2 heterocycles. The van der Waals surface area contributed by atoms with E-state index >= 15 is 0 Å². The lowest BCUT2D eigenvalue weighted by Crippen LogP contribution is -2.45. The van der Waals surface area contributed by atoms with Gasteiger partial charge in [-0.05, 0) is 47.8 Å². The number of hydrogen-bond acceptors (Lipinski definition) is 3. The maximum Gasteiger partial charge on any atom is 0.0751 e. The van der Waals surface area contributed by atoms with Crippen LogP contribution in [-0.2, 0) is 23.6 Å². The fraction of sp³-hybridized carbons (Fsp3) is 0.379. The van der Waals surface area contributed by atoms with Crippen LogP contribution < -0.4 is 26.1 Å². The molecule has 0 aliphatic carbocycles. The molecule has 0 bridgehead atoms. The Morgan fingerprint density at radius 2 is 1.26 bits per heavy atom. The molecular weight excluding hydrogens is 502 g/mol. The van der Waals surface area contributed by atoms with E-state index < -0.39 is 12.2 Å². The molecule has 0 saturated heterocycles. The maximum atomic E-state index is 6.81. The molecule has 184 valence electrons. The molecule has 0 radical (unpaired) electrons. The molecule has 0 N–H and O–H groups in total. The summed E-state index contributed by atoms with van der Waals surface area (Å²) in [4.78, 5) is 2.54. The molecule has 0 saturated carbocycles. The summed E-state index contributed by atoms with van der Waals surface area (Å²) in [6, 6.07) is 18.9. The predicted molar refractivity (Wildman–Crippen MR) is 165 cm³/mol. The van der Waals surface area contributed by atoms with Crippen LogP contribution in [0.1, 0.15) is 64.5 Å². The monoisotopic (exact) mass is 538 g/mol. The minimum atomic E-state index is -2.20. The van der Waals surface area contributed by atoms with Crippen molar-refractivity contribution in [2.24, 2.45) is 0 Å². The van der Waals surface area contributed by atoms with Crippen molar-refractivity contribution >= 4 is 74.1 Å². The first-order valence-corrected chi connectivity index (χ1v) is 18.7. The Hall–Kier alpha value is -1.28. The normalized spacial score (nSPS) is 22.4. The van der Waals surface area contributed by atoms with E-state index in [-0.39, 0.29) is 0 Å². The van der Waals surface area contributed by atoms with Crippen molar-refractivity contribution in [2.75, 3.05) is 24.7 Å². The third kappa shape index (κ3) is 3.59. The number of para-hydroxylation sites is 1. The lowest BCUT2D eigenvalue weighted by molar-refractivity contribution is 0.513. The number of nitrogens with zero attached hydrogens (tertiary/aromatic N) is 2. The summed E-state index contributed by atoms with van der Waals surface area (Å²) in [7, 11) is 0. The summed E-state index contributed by atoms with van der Waals surface area (Å²) >= 11 is 13.3. The van der Waals surface area contributed by atoms with E-state index in [9.17, 15) is 0 Å². The van der Waals surface area contributed by atoms with Crippen LogP contribution in [0.2, 0.25) is 0 Å². The Balaban J connectivity index is 1.95. The maximum absolute atomic E-state index is 6.81. The molecule has 5 rings (SSSR count). The van der Waals surface area contributed by atoms with Gasteiger partial charge in [0.05, 0.1) is 23.3 Å². The van der Waals surface area contributed by atoms with Crippen LogP contribution in [0, 0.1) is 0 Å². The van der Waals surface area contributed by atoms with Gasteiger partial charge in [0.15, 0.2) is 0 Å². The number of fused-ring (bicyclic) bond motifs is 4. The first kappa shape index (κ1) is 25.4. The Morgan fingerprint density at radius 3 is 1.80 bits per heavy atom. The van der Waals surface area contributed by atoms with E-state index in [0.29, 0.717) is 11.8 Å². The van der Waals surface area contributed by atoms with Crippen LogP contribution >= 0.6 is 12.2 Å². The van der Waals surface area contributed by atoms with Gasteiger partial charge in [-0.2, -0.15) is 0 Å². The fourth-order valence-corrected chi connectivity index (χ4v) is 13.7. The van der Waals surface area contributed by atoms with Crippen molar-refractivity contribution in [1.82, 2.24) is 4.67 Å². The topological polar surface area (TPSA) is 6.48 Å². The minimum Gasteiger partial charge on any atom is -0.308 e. The van der Waals surface area contributed by atoms with E-state index in [1.165, 1.54) is 49.4 Å². The van der Waals surface area contributed by atoms with E-state index in [0.717, 1.165) is 13.1 Å². The van der Waals surface area contributed by atoms with Gasteiger partial charge in [-0.15, -0.1) is 0 Å². The summed E-state index contributed by atoms with van der Waals surface area (Å²) in [6.07, 6.45) is -2.20. The molecule has 35 heavy (non-hydrogen) atoms. The predicted octanol–water partition coefficient (Wildman–Crippen LogP) is 6.78. The van der Waals surface area contributed by atoms with E-state index in [1.807, 2.05) is 0 Å². The van der Waals surface area contributed by atoms with Crippen LogP contribution in [-0.4, -0.2) is 24.4 Å². The van der Waals surface area contributed by atoms with E-state index in [1.54, 1.807) is 0 Å². The zero-order valence-corrected chi connectivity index (χ0v) is 25.3. The van der Waals surface area contributed by atoms with Gasteiger partial charge < -0.3 is 4.90 Å². The zero-order chi connectivity index (χ0) is 25.3. The molecule has 3 aromatic carbocycles. The molecule has 0 aromatic heterocycles. The van der Waals surface area contributed by atoms with Crippen molar-refractivity contribution < 1.29 is 0 Å². The molecule has 2 aliphatic heterocycles. The van der Waals surface area contributed by atoms with Crippen molar-refractivity contribution in [2.45, 2.75) is 53.4 Å². The van der Waals surface area contributed by atoms with E-state index in [2.05, 4.69) is 112 Å². The lowest BCUT2D eigenvalue weighted by Gasteiger charge is -2.48. The minimum absolute atomic E-state index is 0.450. The molecule has 2 unspecified atom stereocenters. The second kappa shape index (κ2) is 8.93. The second-order valence-electron chi connectivity index (χ2n) is 10.4. The van der Waals surface area contributed by atoms with Gasteiger partial charge in [-0.3, -0.25) is 4.67 Å². The van der Waals surface area contributed by atoms with Gasteiger partial charge in [0.2, 0.25) is 0 Å². The van der Waals surface area contributed by atoms with Gasteiger partial charge in [0.25, 0.3) is 0 Å². The standard InChI is InChI=1S/C29H36N2P2S2/c1-8-30(9-2)33(35)26-16-14-22(20(5)6)18-24(26)31-23-17-21(19(3)4)13-15-25(23)32(7,34)27-11-10-12-28(33)29(27)31/h10-20H,8-9H2,1-7H3. The SMILES string of the molecule is CCN(CC)P1(=S)c2ccc(C(C)C)cc2N2c3cc(C(C)C)ccc3P(C)(=S)c3cccc1c32. The first-order valence-electron chi connectivity index (χ1n) is 12.7. The van der Waals surface area contributed by atoms with Crippen molar-refractivity contribution in [3.05, 3.63) is 65.7 Å². The Bertz CT molecular complexity index is 1420. The molecule has 2 aliphatic rings. The van der Waals surface area contributed by atoms with Crippen LogP contribution in [0.25, 0.3) is 0 Å². The summed E-state index contributed by atoms with van der Waals surface area (Å²) in [5.74, 6) is 0.908.